The smallest absolute Gasteiger partial charge is 0.214 e. The molecule has 1 aromatic carbocycles. The Bertz CT molecular complexity index is 894. The molecule has 4 rings (SSSR count). The molecule has 0 amide bonds. The molecule has 0 aliphatic carbocycles. The van der Waals surface area contributed by atoms with Crippen molar-refractivity contribution in [2.45, 2.75) is 32.4 Å². The van der Waals surface area contributed by atoms with Crippen LogP contribution in [0.25, 0.3) is 10.9 Å². The molecule has 3 aromatic rings. The summed E-state index contributed by atoms with van der Waals surface area (Å²) in [5.74, 6) is 3.30. The monoisotopic (exact) mass is 369 g/mol. The van der Waals surface area contributed by atoms with E-state index in [1.807, 2.05) is 28.7 Å². The van der Waals surface area contributed by atoms with E-state index >= 15 is 0 Å². The lowest BCUT2D eigenvalue weighted by Gasteiger charge is -2.32. The maximum Gasteiger partial charge on any atom is 0.214 e. The lowest BCUT2D eigenvalue weighted by Crippen LogP contribution is -3.14. The second-order valence-corrected chi connectivity index (χ2v) is 9.00. The topological polar surface area (TPSA) is 60.9 Å². The van der Waals surface area contributed by atoms with Crippen LogP contribution in [0.1, 0.15) is 38.2 Å². The minimum atomic E-state index is -0.153. The number of fused-ring (bicyclic) bond motifs is 1. The van der Waals surface area contributed by atoms with E-state index in [4.69, 9.17) is 0 Å². The molecule has 1 aliphatic rings. The molecule has 0 bridgehead atoms. The predicted octanol–water partition coefficient (Wildman–Crippen LogP) is 1.70. The van der Waals surface area contributed by atoms with Gasteiger partial charge < -0.3 is 4.90 Å². The van der Waals surface area contributed by atoms with Crippen molar-refractivity contribution in [3.63, 3.8) is 0 Å². The summed E-state index contributed by atoms with van der Waals surface area (Å²) in [6.07, 6.45) is 1.84. The number of nitrogens with zero attached hydrogens (tertiary/aromatic N) is 5. The molecular weight excluding hydrogens is 344 g/mol. The van der Waals surface area contributed by atoms with Gasteiger partial charge in [-0.15, -0.1) is 5.10 Å². The summed E-state index contributed by atoms with van der Waals surface area (Å²) in [5, 5.41) is 14.0. The van der Waals surface area contributed by atoms with Crippen LogP contribution < -0.4 is 4.90 Å². The Balaban J connectivity index is 1.84. The summed E-state index contributed by atoms with van der Waals surface area (Å²) in [6, 6.07) is 10.8. The summed E-state index contributed by atoms with van der Waals surface area (Å²) in [5.41, 5.74) is 2.13. The van der Waals surface area contributed by atoms with Gasteiger partial charge in [-0.3, -0.25) is 4.98 Å². The van der Waals surface area contributed by atoms with Crippen LogP contribution >= 0.6 is 11.8 Å². The van der Waals surface area contributed by atoms with Gasteiger partial charge in [0.1, 0.15) is 0 Å². The number of quaternary nitrogens is 1. The fourth-order valence-electron chi connectivity index (χ4n) is 3.62. The molecule has 0 unspecified atom stereocenters. The molecule has 6 nitrogen and oxygen atoms in total. The zero-order chi connectivity index (χ0) is 18.1. The van der Waals surface area contributed by atoms with Crippen molar-refractivity contribution in [3.05, 3.63) is 47.9 Å². The van der Waals surface area contributed by atoms with Gasteiger partial charge in [0.05, 0.1) is 24.1 Å². The number of tetrazole rings is 1. The average molecular weight is 370 g/mol. The Hall–Kier alpha value is -1.99. The molecule has 0 radical (unpaired) electrons. The van der Waals surface area contributed by atoms with E-state index in [9.17, 15) is 0 Å². The molecular formula is C19H25N6S+. The van der Waals surface area contributed by atoms with E-state index < -0.39 is 0 Å². The van der Waals surface area contributed by atoms with Crippen LogP contribution in [-0.4, -0.2) is 49.8 Å². The predicted molar refractivity (Wildman–Crippen MR) is 104 cm³/mol. The highest BCUT2D eigenvalue weighted by molar-refractivity contribution is 7.99. The second-order valence-electron chi connectivity index (χ2n) is 7.78. The minimum Gasteiger partial charge on any atom is -0.321 e. The summed E-state index contributed by atoms with van der Waals surface area (Å²) in [6.45, 7) is 8.69. The van der Waals surface area contributed by atoms with Gasteiger partial charge >= 0.3 is 0 Å². The largest absolute Gasteiger partial charge is 0.321 e. The normalized spacial score (nSPS) is 17.5. The zero-order valence-corrected chi connectivity index (χ0v) is 16.3. The highest BCUT2D eigenvalue weighted by atomic mass is 32.2. The van der Waals surface area contributed by atoms with Gasteiger partial charge in [0, 0.05) is 28.7 Å². The van der Waals surface area contributed by atoms with Crippen LogP contribution in [0, 0.1) is 0 Å². The molecule has 1 N–H and O–H groups in total. The number of hydrogen-bond donors (Lipinski definition) is 1. The Morgan fingerprint density at radius 2 is 1.96 bits per heavy atom. The standard InChI is InChI=1S/C19H24N6S/c1-19(2,3)25-18(21-22-23-25)17(24-9-11-26-12-10-24)15-6-7-16-14(13-15)5-4-8-20-16/h4-8,13,17H,9-12H2,1-3H3/p+1/t17-/m0/s1. The first-order valence-corrected chi connectivity index (χ1v) is 10.3. The van der Waals surface area contributed by atoms with Gasteiger partial charge in [-0.05, 0) is 49.4 Å². The van der Waals surface area contributed by atoms with Crippen molar-refractivity contribution in [2.24, 2.45) is 0 Å². The Morgan fingerprint density at radius 1 is 1.15 bits per heavy atom. The van der Waals surface area contributed by atoms with Crippen molar-refractivity contribution in [1.29, 1.82) is 0 Å². The molecule has 3 heterocycles. The van der Waals surface area contributed by atoms with E-state index in [1.54, 1.807) is 0 Å². The molecule has 26 heavy (non-hydrogen) atoms. The van der Waals surface area contributed by atoms with Crippen LogP contribution in [-0.2, 0) is 5.54 Å². The molecule has 2 aromatic heterocycles. The first kappa shape index (κ1) is 17.4. The maximum atomic E-state index is 4.47. The highest BCUT2D eigenvalue weighted by Gasteiger charge is 2.35. The quantitative estimate of drug-likeness (QED) is 0.761. The van der Waals surface area contributed by atoms with E-state index in [2.05, 4.69) is 65.5 Å². The van der Waals surface area contributed by atoms with Crippen molar-refractivity contribution in [3.8, 4) is 0 Å². The number of aromatic nitrogens is 5. The van der Waals surface area contributed by atoms with E-state index in [-0.39, 0.29) is 11.6 Å². The van der Waals surface area contributed by atoms with Gasteiger partial charge in [0.25, 0.3) is 0 Å². The van der Waals surface area contributed by atoms with Crippen LogP contribution in [0.4, 0.5) is 0 Å². The lowest BCUT2D eigenvalue weighted by atomic mass is 10.0. The number of thioether (sulfide) groups is 1. The summed E-state index contributed by atoms with van der Waals surface area (Å²) in [4.78, 5) is 5.99. The second kappa shape index (κ2) is 6.96. The Kier molecular flexibility index (Phi) is 4.67. The van der Waals surface area contributed by atoms with Crippen LogP contribution in [0.5, 0.6) is 0 Å². The number of hydrogen-bond acceptors (Lipinski definition) is 5. The molecule has 0 spiro atoms. The fraction of sp³-hybridized carbons (Fsp3) is 0.474. The van der Waals surface area contributed by atoms with Crippen molar-refractivity contribution in [1.82, 2.24) is 25.2 Å². The molecule has 1 saturated heterocycles. The van der Waals surface area contributed by atoms with Crippen molar-refractivity contribution >= 4 is 22.7 Å². The van der Waals surface area contributed by atoms with Crippen LogP contribution in [0.15, 0.2) is 36.5 Å². The molecule has 136 valence electrons. The maximum absolute atomic E-state index is 4.47. The summed E-state index contributed by atoms with van der Waals surface area (Å²) >= 11 is 2.03. The van der Waals surface area contributed by atoms with E-state index in [0.29, 0.717) is 0 Å². The van der Waals surface area contributed by atoms with Crippen LogP contribution in [0.3, 0.4) is 0 Å². The third kappa shape index (κ3) is 3.33. The van der Waals surface area contributed by atoms with Gasteiger partial charge in [-0.1, -0.05) is 12.1 Å². The van der Waals surface area contributed by atoms with Gasteiger partial charge in [0.2, 0.25) is 5.82 Å². The van der Waals surface area contributed by atoms with Crippen molar-refractivity contribution in [2.75, 3.05) is 24.6 Å². The fourth-order valence-corrected chi connectivity index (χ4v) is 4.63. The molecule has 1 atom stereocenters. The Morgan fingerprint density at radius 3 is 2.73 bits per heavy atom. The molecule has 7 heteroatoms. The SMILES string of the molecule is CC(C)(C)n1nnnc1[C@H](c1ccc2ncccc2c1)[NH+]1CCSCC1. The van der Waals surface area contributed by atoms with E-state index in [0.717, 1.165) is 29.8 Å². The third-order valence-corrected chi connectivity index (χ3v) is 5.88. The Labute approximate surface area is 158 Å². The van der Waals surface area contributed by atoms with Crippen LogP contribution in [0.2, 0.25) is 0 Å². The van der Waals surface area contributed by atoms with Gasteiger partial charge in [-0.25, -0.2) is 4.68 Å². The minimum absolute atomic E-state index is 0.134. The molecule has 0 saturated carbocycles. The van der Waals surface area contributed by atoms with E-state index in [1.165, 1.54) is 22.0 Å². The first-order valence-electron chi connectivity index (χ1n) is 9.10. The number of rotatable bonds is 3. The lowest BCUT2D eigenvalue weighted by molar-refractivity contribution is -0.922. The van der Waals surface area contributed by atoms with Gasteiger partial charge in [0.15, 0.2) is 6.04 Å². The number of nitrogens with one attached hydrogen (secondary N) is 1. The average Bonchev–Trinajstić information content (AvgIpc) is 3.13. The number of pyridine rings is 1. The number of benzene rings is 1. The molecule has 1 aliphatic heterocycles. The summed E-state index contributed by atoms with van der Waals surface area (Å²) in [7, 11) is 0. The first-order chi connectivity index (χ1) is 12.5. The molecule has 1 fully saturated rings. The zero-order valence-electron chi connectivity index (χ0n) is 15.5. The van der Waals surface area contributed by atoms with Gasteiger partial charge in [-0.2, -0.15) is 11.8 Å². The summed E-state index contributed by atoms with van der Waals surface area (Å²) < 4.78 is 1.99. The van der Waals surface area contributed by atoms with Crippen molar-refractivity contribution < 1.29 is 4.90 Å². The highest BCUT2D eigenvalue weighted by Crippen LogP contribution is 2.25. The third-order valence-electron chi connectivity index (χ3n) is 4.89.